The van der Waals surface area contributed by atoms with E-state index in [1.807, 2.05) is 12.1 Å². The molecule has 0 amide bonds. The van der Waals surface area contributed by atoms with E-state index in [-0.39, 0.29) is 42.0 Å². The van der Waals surface area contributed by atoms with Crippen LogP contribution in [0.1, 0.15) is 95.1 Å². The van der Waals surface area contributed by atoms with Crippen molar-refractivity contribution < 1.29 is 24.8 Å². The van der Waals surface area contributed by atoms with Gasteiger partial charge in [-0.25, -0.2) is 0 Å². The van der Waals surface area contributed by atoms with Crippen molar-refractivity contribution in [2.75, 3.05) is 26.4 Å². The van der Waals surface area contributed by atoms with Gasteiger partial charge in [0.2, 0.25) is 0 Å². The molecule has 6 aliphatic carbocycles. The van der Waals surface area contributed by atoms with E-state index in [9.17, 15) is 15.3 Å². The van der Waals surface area contributed by atoms with Crippen LogP contribution in [0.3, 0.4) is 0 Å². The second kappa shape index (κ2) is 10.4. The van der Waals surface area contributed by atoms with Crippen LogP contribution in [-0.4, -0.2) is 58.5 Å². The Kier molecular flexibility index (Phi) is 7.06. The van der Waals surface area contributed by atoms with E-state index >= 15 is 0 Å². The fourth-order valence-corrected chi connectivity index (χ4v) is 13.3. The van der Waals surface area contributed by atoms with Crippen molar-refractivity contribution in [2.45, 2.75) is 114 Å². The molecule has 10 atom stereocenters. The van der Waals surface area contributed by atoms with Crippen molar-refractivity contribution in [1.82, 2.24) is 0 Å². The molecule has 2 heterocycles. The predicted octanol–water partition coefficient (Wildman–Crippen LogP) is 5.14. The van der Waals surface area contributed by atoms with Crippen LogP contribution in [0.15, 0.2) is 18.2 Å². The van der Waals surface area contributed by atoms with Crippen LogP contribution in [0.4, 0.5) is 0 Å². The molecule has 7 fully saturated rings. The highest BCUT2D eigenvalue weighted by Gasteiger charge is 2.81. The molecule has 0 aromatic heterocycles. The molecule has 8 aliphatic rings. The van der Waals surface area contributed by atoms with E-state index in [4.69, 9.17) is 15.2 Å². The Bertz CT molecular complexity index is 1350. The van der Waals surface area contributed by atoms with E-state index in [0.29, 0.717) is 48.6 Å². The number of benzene rings is 1. The van der Waals surface area contributed by atoms with Crippen molar-refractivity contribution in [3.05, 3.63) is 29.3 Å². The maximum absolute atomic E-state index is 11.0. The molecule has 2 spiro atoms. The van der Waals surface area contributed by atoms with Gasteiger partial charge in [0.15, 0.2) is 0 Å². The van der Waals surface area contributed by atoms with Gasteiger partial charge in [0.1, 0.15) is 5.75 Å². The first-order valence-corrected chi connectivity index (χ1v) is 17.8. The lowest BCUT2D eigenvalue weighted by Gasteiger charge is -2.80. The molecule has 240 valence electrons. The molecule has 44 heavy (non-hydrogen) atoms. The zero-order valence-electron chi connectivity index (χ0n) is 26.7. The number of aromatic hydroxyl groups is 1. The number of nitrogens with two attached hydrogens (primary N) is 1. The lowest BCUT2D eigenvalue weighted by molar-refractivity contribution is -0.395. The summed E-state index contributed by atoms with van der Waals surface area (Å²) in [5.74, 6) is 9.05. The highest BCUT2D eigenvalue weighted by atomic mass is 16.5. The molecule has 0 radical (unpaired) electrons. The van der Waals surface area contributed by atoms with Gasteiger partial charge < -0.3 is 30.5 Å². The van der Waals surface area contributed by atoms with Gasteiger partial charge in [0.05, 0.1) is 36.9 Å². The topological polar surface area (TPSA) is 105 Å². The fourth-order valence-electron chi connectivity index (χ4n) is 13.3. The van der Waals surface area contributed by atoms with Crippen molar-refractivity contribution in [3.63, 3.8) is 0 Å². The molecule has 9 rings (SSSR count). The molecule has 5 N–H and O–H groups in total. The molecule has 2 aliphatic heterocycles. The smallest absolute Gasteiger partial charge is 0.115 e. The van der Waals surface area contributed by atoms with Gasteiger partial charge in [-0.3, -0.25) is 0 Å². The largest absolute Gasteiger partial charge is 0.508 e. The third-order valence-corrected chi connectivity index (χ3v) is 14.5. The average Bonchev–Trinajstić information content (AvgIpc) is 3.42. The summed E-state index contributed by atoms with van der Waals surface area (Å²) in [6, 6.07) is 5.92. The molecule has 6 heteroatoms. The summed E-state index contributed by atoms with van der Waals surface area (Å²) in [6.07, 6.45) is 15.5. The minimum atomic E-state index is -0.646. The van der Waals surface area contributed by atoms with Crippen LogP contribution in [-0.2, 0) is 22.3 Å². The standard InChI is InChI=1S/C38H53NO5/c1-34-13-9-29(23-43-16-15-40)36-14-10-28(22-41)38(39,33(34)36)32-6-4-5-26-19-31(42)8-7-27(26)17-25-18-30(37(32,24-36)44-34)21-35(20-25)11-2-3-12-35/h7-8,19,25,28-30,32-33,40-42H,2-3,5,9-18,20-24,39H2,1H3/t25-,28-,29+,30-,32+,33+,34+,36-,37+,38-/m0/s1. The van der Waals surface area contributed by atoms with E-state index in [1.165, 1.54) is 44.1 Å². The average molecular weight is 604 g/mol. The van der Waals surface area contributed by atoms with E-state index in [0.717, 1.165) is 50.5 Å². The Morgan fingerprint density at radius 2 is 1.86 bits per heavy atom. The van der Waals surface area contributed by atoms with Gasteiger partial charge in [0, 0.05) is 30.4 Å². The number of hydrogen-bond acceptors (Lipinski definition) is 6. The first-order valence-electron chi connectivity index (χ1n) is 17.8. The van der Waals surface area contributed by atoms with Crippen LogP contribution in [0.5, 0.6) is 5.75 Å². The second-order valence-electron chi connectivity index (χ2n) is 16.7. The van der Waals surface area contributed by atoms with E-state index < -0.39 is 11.1 Å². The molecule has 5 saturated carbocycles. The third-order valence-electron chi connectivity index (χ3n) is 14.5. The van der Waals surface area contributed by atoms with Crippen molar-refractivity contribution >= 4 is 0 Å². The third kappa shape index (κ3) is 4.11. The maximum atomic E-state index is 11.0. The molecule has 2 saturated heterocycles. The summed E-state index contributed by atoms with van der Waals surface area (Å²) in [7, 11) is 0. The Morgan fingerprint density at radius 1 is 1.05 bits per heavy atom. The number of hydrogen-bond donors (Lipinski definition) is 4. The number of phenolic OH excluding ortho intramolecular Hbond substituents is 1. The highest BCUT2D eigenvalue weighted by Crippen LogP contribution is 2.77. The molecule has 0 unspecified atom stereocenters. The molecular formula is C38H53NO5. The summed E-state index contributed by atoms with van der Waals surface area (Å²) in [4.78, 5) is 0. The molecular weight excluding hydrogens is 550 g/mol. The molecule has 1 aromatic rings. The number of aliphatic hydroxyl groups excluding tert-OH is 2. The first kappa shape index (κ1) is 29.8. The van der Waals surface area contributed by atoms with Crippen LogP contribution < -0.4 is 5.73 Å². The SMILES string of the molecule is C[C@]12CC[C@H](COCCO)[C@]34CC[C@@H](CO)[C@](N)([C@@H]5C#CCc6cc(O)ccc6C[C@H]6C[C@@H](CC7(CCCC7)C6)[C@@]5(C3)O1)[C@@H]42. The van der Waals surface area contributed by atoms with Crippen LogP contribution in [0.25, 0.3) is 0 Å². The predicted molar refractivity (Wildman–Crippen MR) is 169 cm³/mol. The van der Waals surface area contributed by atoms with E-state index in [2.05, 4.69) is 24.8 Å². The van der Waals surface area contributed by atoms with Gasteiger partial charge in [-0.1, -0.05) is 30.7 Å². The summed E-state index contributed by atoms with van der Waals surface area (Å²) < 4.78 is 13.9. The van der Waals surface area contributed by atoms with E-state index in [1.54, 1.807) is 0 Å². The number of aliphatic hydroxyl groups is 2. The second-order valence-corrected chi connectivity index (χ2v) is 16.7. The van der Waals surface area contributed by atoms with Crippen molar-refractivity contribution in [1.29, 1.82) is 0 Å². The summed E-state index contributed by atoms with van der Waals surface area (Å²) in [5, 5.41) is 31.0. The van der Waals surface area contributed by atoms with Crippen molar-refractivity contribution in [2.24, 2.45) is 52.1 Å². The van der Waals surface area contributed by atoms with Gasteiger partial charge in [-0.05, 0) is 129 Å². The van der Waals surface area contributed by atoms with Crippen LogP contribution in [0, 0.1) is 58.2 Å². The number of ether oxygens (including phenoxy) is 2. The van der Waals surface area contributed by atoms with Crippen molar-refractivity contribution in [3.8, 4) is 17.6 Å². The molecule has 6 nitrogen and oxygen atoms in total. The number of phenols is 1. The minimum Gasteiger partial charge on any atom is -0.508 e. The quantitative estimate of drug-likeness (QED) is 0.275. The van der Waals surface area contributed by atoms with Crippen LogP contribution in [0.2, 0.25) is 0 Å². The van der Waals surface area contributed by atoms with Crippen LogP contribution >= 0.6 is 0 Å². The van der Waals surface area contributed by atoms with Gasteiger partial charge in [-0.2, -0.15) is 0 Å². The monoisotopic (exact) mass is 603 g/mol. The zero-order valence-corrected chi connectivity index (χ0v) is 26.7. The molecule has 1 aromatic carbocycles. The van der Waals surface area contributed by atoms with Gasteiger partial charge in [0.25, 0.3) is 0 Å². The Morgan fingerprint density at radius 3 is 2.66 bits per heavy atom. The minimum absolute atomic E-state index is 0.00990. The summed E-state index contributed by atoms with van der Waals surface area (Å²) in [6.45, 7) is 3.53. The van der Waals surface area contributed by atoms with Gasteiger partial charge >= 0.3 is 0 Å². The number of fused-ring (bicyclic) bond motifs is 3. The zero-order chi connectivity index (χ0) is 30.4. The fraction of sp³-hybridized carbons (Fsp3) is 0.789. The Hall–Kier alpha value is -1.62. The number of rotatable bonds is 5. The first-order chi connectivity index (χ1) is 21.2. The lowest BCUT2D eigenvalue weighted by Crippen LogP contribution is -2.87. The Labute approximate surface area is 263 Å². The van der Waals surface area contributed by atoms with Gasteiger partial charge in [-0.15, -0.1) is 0 Å². The maximum Gasteiger partial charge on any atom is 0.115 e. The summed E-state index contributed by atoms with van der Waals surface area (Å²) in [5.41, 5.74) is 9.37. The Balaban J connectivity index is 1.32. The lowest BCUT2D eigenvalue weighted by atomic mass is 9.31. The molecule has 7 bridgehead atoms. The highest BCUT2D eigenvalue weighted by molar-refractivity contribution is 5.41. The summed E-state index contributed by atoms with van der Waals surface area (Å²) >= 11 is 0. The normalized spacial score (nSPS) is 46.4.